The second-order valence-corrected chi connectivity index (χ2v) is 13.1. The molecule has 0 N–H and O–H groups in total. The van der Waals surface area contributed by atoms with Crippen LogP contribution in [0.4, 0.5) is 0 Å². The lowest BCUT2D eigenvalue weighted by atomic mass is 10.4. The lowest BCUT2D eigenvalue weighted by Crippen LogP contribution is -2.54. The highest BCUT2D eigenvalue weighted by Gasteiger charge is 2.45. The molecule has 1 aromatic rings. The highest BCUT2D eigenvalue weighted by Crippen LogP contribution is 2.21. The van der Waals surface area contributed by atoms with Gasteiger partial charge in [0.1, 0.15) is 0 Å². The van der Waals surface area contributed by atoms with E-state index in [1.54, 1.807) is 21.3 Å². The summed E-state index contributed by atoms with van der Waals surface area (Å²) in [6.45, 7) is 4.64. The Balaban J connectivity index is 2.92. The zero-order chi connectivity index (χ0) is 12.9. The third-order valence-corrected chi connectivity index (χ3v) is 12.2. The van der Waals surface area contributed by atoms with Gasteiger partial charge in [0.25, 0.3) is 0 Å². The Labute approximate surface area is 106 Å². The van der Waals surface area contributed by atoms with Crippen molar-refractivity contribution in [3.05, 3.63) is 30.3 Å². The molecule has 17 heavy (non-hydrogen) atoms. The van der Waals surface area contributed by atoms with Crippen LogP contribution in [0, 0.1) is 0 Å². The van der Waals surface area contributed by atoms with Crippen molar-refractivity contribution in [1.29, 1.82) is 0 Å². The Morgan fingerprint density at radius 1 is 0.882 bits per heavy atom. The first kappa shape index (κ1) is 14.6. The van der Waals surface area contributed by atoms with E-state index in [1.165, 1.54) is 5.19 Å². The Kier molecular flexibility index (Phi) is 5.09. The molecule has 0 aromatic heterocycles. The molecule has 3 nitrogen and oxygen atoms in total. The fourth-order valence-corrected chi connectivity index (χ4v) is 10.5. The van der Waals surface area contributed by atoms with E-state index in [2.05, 4.69) is 37.4 Å². The monoisotopic (exact) mass is 270 g/mol. The van der Waals surface area contributed by atoms with E-state index >= 15 is 0 Å². The minimum Gasteiger partial charge on any atom is -0.377 e. The molecule has 0 saturated carbocycles. The molecule has 96 valence electrons. The van der Waals surface area contributed by atoms with E-state index < -0.39 is 16.9 Å². The van der Waals surface area contributed by atoms with Gasteiger partial charge in [-0.1, -0.05) is 48.6 Å². The molecule has 0 bridgehead atoms. The zero-order valence-electron chi connectivity index (χ0n) is 11.3. The van der Waals surface area contributed by atoms with Crippen molar-refractivity contribution in [2.45, 2.75) is 18.8 Å². The molecule has 0 aliphatic carbocycles. The Morgan fingerprint density at radius 2 is 1.35 bits per heavy atom. The van der Waals surface area contributed by atoms with Crippen molar-refractivity contribution >= 4 is 22.1 Å². The normalized spacial score (nSPS) is 12.8. The first-order chi connectivity index (χ1) is 7.99. The van der Waals surface area contributed by atoms with Crippen LogP contribution in [0.15, 0.2) is 30.3 Å². The second-order valence-electron chi connectivity index (χ2n) is 4.72. The summed E-state index contributed by atoms with van der Waals surface area (Å²) < 4.78 is 16.6. The molecular formula is C12H22O3Si2. The molecule has 1 aromatic carbocycles. The Morgan fingerprint density at radius 3 is 1.76 bits per heavy atom. The molecule has 0 heterocycles. The molecule has 1 rings (SSSR count). The van der Waals surface area contributed by atoms with Crippen LogP contribution < -0.4 is 5.19 Å². The fourth-order valence-electron chi connectivity index (χ4n) is 2.00. The van der Waals surface area contributed by atoms with Crippen LogP contribution in [0.3, 0.4) is 0 Å². The fraction of sp³-hybridized carbons (Fsp3) is 0.500. The number of hydrogen-bond acceptors (Lipinski definition) is 3. The predicted octanol–water partition coefficient (Wildman–Crippen LogP) is 2.02. The van der Waals surface area contributed by atoms with Gasteiger partial charge in [0.2, 0.25) is 0 Å². The number of hydrogen-bond donors (Lipinski definition) is 0. The van der Waals surface area contributed by atoms with Gasteiger partial charge in [0.05, 0.1) is 8.07 Å². The van der Waals surface area contributed by atoms with E-state index in [1.807, 2.05) is 6.07 Å². The predicted molar refractivity (Wildman–Crippen MR) is 75.1 cm³/mol. The van der Waals surface area contributed by atoms with Crippen LogP contribution >= 0.6 is 0 Å². The summed E-state index contributed by atoms with van der Waals surface area (Å²) in [5.41, 5.74) is 0.896. The maximum absolute atomic E-state index is 5.52. The molecule has 0 radical (unpaired) electrons. The van der Waals surface area contributed by atoms with E-state index in [0.29, 0.717) is 0 Å². The summed E-state index contributed by atoms with van der Waals surface area (Å²) in [5, 5.41) is 1.41. The van der Waals surface area contributed by atoms with Crippen molar-refractivity contribution < 1.29 is 13.3 Å². The summed E-state index contributed by atoms with van der Waals surface area (Å²) in [5.74, 6) is 0. The molecule has 0 spiro atoms. The lowest BCUT2D eigenvalue weighted by Gasteiger charge is -2.32. The van der Waals surface area contributed by atoms with E-state index in [4.69, 9.17) is 13.3 Å². The molecule has 0 saturated heterocycles. The Bertz CT molecular complexity index is 329. The zero-order valence-corrected chi connectivity index (χ0v) is 13.3. The summed E-state index contributed by atoms with van der Waals surface area (Å²) >= 11 is 0. The van der Waals surface area contributed by atoms with Crippen LogP contribution in [0.25, 0.3) is 0 Å². The van der Waals surface area contributed by atoms with Gasteiger partial charge in [-0.2, -0.15) is 0 Å². The van der Waals surface area contributed by atoms with Crippen molar-refractivity contribution in [3.63, 3.8) is 0 Å². The molecule has 0 unspecified atom stereocenters. The number of benzene rings is 1. The molecule has 5 heteroatoms. The van der Waals surface area contributed by atoms with E-state index in [-0.39, 0.29) is 0 Å². The van der Waals surface area contributed by atoms with Gasteiger partial charge in [-0.15, -0.1) is 0 Å². The van der Waals surface area contributed by atoms with E-state index in [0.717, 1.165) is 5.67 Å². The molecule has 0 atom stereocenters. The average Bonchev–Trinajstić information content (AvgIpc) is 2.37. The summed E-state index contributed by atoms with van der Waals surface area (Å²) in [6.07, 6.45) is 0. The summed E-state index contributed by atoms with van der Waals surface area (Å²) in [4.78, 5) is 0. The van der Waals surface area contributed by atoms with Gasteiger partial charge in [-0.25, -0.2) is 0 Å². The van der Waals surface area contributed by atoms with Gasteiger partial charge >= 0.3 is 8.80 Å². The van der Waals surface area contributed by atoms with Crippen LogP contribution in [0.2, 0.25) is 18.8 Å². The summed E-state index contributed by atoms with van der Waals surface area (Å²) in [6, 6.07) is 10.6. The second kappa shape index (κ2) is 5.92. The van der Waals surface area contributed by atoms with Crippen molar-refractivity contribution in [3.8, 4) is 0 Å². The first-order valence-electron chi connectivity index (χ1n) is 5.70. The quantitative estimate of drug-likeness (QED) is 0.740. The number of rotatable bonds is 6. The van der Waals surface area contributed by atoms with Crippen LogP contribution in [0.5, 0.6) is 0 Å². The van der Waals surface area contributed by atoms with Gasteiger partial charge in [-0.05, 0) is 0 Å². The molecule has 0 fully saturated rings. The standard InChI is InChI=1S/C12H22O3Si2/c1-13-17(14-2,15-3)11-16(4,5)12-9-7-6-8-10-12/h6-10H,11H2,1-5H3. The van der Waals surface area contributed by atoms with E-state index in [9.17, 15) is 0 Å². The minimum atomic E-state index is -2.47. The maximum Gasteiger partial charge on any atom is 0.497 e. The van der Waals surface area contributed by atoms with Gasteiger partial charge < -0.3 is 13.3 Å². The van der Waals surface area contributed by atoms with Gasteiger partial charge in [-0.3, -0.25) is 0 Å². The third kappa shape index (κ3) is 3.49. The van der Waals surface area contributed by atoms with Crippen LogP contribution in [-0.2, 0) is 13.3 Å². The molecule has 0 aliphatic rings. The maximum atomic E-state index is 5.52. The van der Waals surface area contributed by atoms with Crippen molar-refractivity contribution in [2.75, 3.05) is 21.3 Å². The third-order valence-electron chi connectivity index (χ3n) is 3.15. The molecule has 0 amide bonds. The largest absolute Gasteiger partial charge is 0.497 e. The van der Waals surface area contributed by atoms with Crippen LogP contribution in [-0.4, -0.2) is 38.2 Å². The minimum absolute atomic E-state index is 0.896. The van der Waals surface area contributed by atoms with Gasteiger partial charge in [0, 0.05) is 27.0 Å². The molecule has 0 aliphatic heterocycles. The smallest absolute Gasteiger partial charge is 0.377 e. The van der Waals surface area contributed by atoms with Gasteiger partial charge in [0.15, 0.2) is 0 Å². The lowest BCUT2D eigenvalue weighted by molar-refractivity contribution is 0.128. The first-order valence-corrected chi connectivity index (χ1v) is 10.8. The highest BCUT2D eigenvalue weighted by atomic mass is 28.4. The van der Waals surface area contributed by atoms with Crippen LogP contribution in [0.1, 0.15) is 0 Å². The topological polar surface area (TPSA) is 27.7 Å². The highest BCUT2D eigenvalue weighted by molar-refractivity contribution is 6.97. The van der Waals surface area contributed by atoms with Crippen molar-refractivity contribution in [2.24, 2.45) is 0 Å². The summed E-state index contributed by atoms with van der Waals surface area (Å²) in [7, 11) is 0.961. The SMILES string of the molecule is CO[Si](C[Si](C)(C)c1ccccc1)(OC)OC. The molecular weight excluding hydrogens is 248 g/mol. The average molecular weight is 270 g/mol. The van der Waals surface area contributed by atoms with Crippen molar-refractivity contribution in [1.82, 2.24) is 0 Å². The Hall–Kier alpha value is -0.466.